The molecular weight excluding hydrogens is 186 g/mol. The SMILES string of the molecule is CC1(C)OCCc2c1[nH]c1ccccc21. The van der Waals surface area contributed by atoms with Crippen LogP contribution in [0.1, 0.15) is 25.1 Å². The minimum absolute atomic E-state index is 0.174. The van der Waals surface area contributed by atoms with Gasteiger partial charge < -0.3 is 9.72 Å². The van der Waals surface area contributed by atoms with Gasteiger partial charge in [0.25, 0.3) is 0 Å². The van der Waals surface area contributed by atoms with E-state index in [9.17, 15) is 0 Å². The fourth-order valence-electron chi connectivity index (χ4n) is 2.45. The van der Waals surface area contributed by atoms with E-state index in [1.54, 1.807) is 0 Å². The van der Waals surface area contributed by atoms with Crippen LogP contribution >= 0.6 is 0 Å². The molecule has 0 bridgehead atoms. The predicted octanol–water partition coefficient (Wildman–Crippen LogP) is 2.98. The first-order valence-corrected chi connectivity index (χ1v) is 5.42. The molecule has 2 heteroatoms. The number of hydrogen-bond acceptors (Lipinski definition) is 1. The average molecular weight is 201 g/mol. The standard InChI is InChI=1S/C13H15NO/c1-13(2)12-10(7-8-15-13)9-5-3-4-6-11(9)14-12/h3-6,14H,7-8H2,1-2H3. The highest BCUT2D eigenvalue weighted by Gasteiger charge is 2.31. The fourth-order valence-corrected chi connectivity index (χ4v) is 2.45. The number of nitrogens with one attached hydrogen (secondary N) is 1. The topological polar surface area (TPSA) is 25.0 Å². The summed E-state index contributed by atoms with van der Waals surface area (Å²) in [6, 6.07) is 8.48. The van der Waals surface area contributed by atoms with Crippen molar-refractivity contribution in [1.82, 2.24) is 4.98 Å². The summed E-state index contributed by atoms with van der Waals surface area (Å²) in [7, 11) is 0. The number of para-hydroxylation sites is 1. The van der Waals surface area contributed by atoms with Gasteiger partial charge in [-0.15, -0.1) is 0 Å². The van der Waals surface area contributed by atoms with Gasteiger partial charge >= 0.3 is 0 Å². The number of aromatic amines is 1. The van der Waals surface area contributed by atoms with E-state index in [1.165, 1.54) is 22.2 Å². The highest BCUT2D eigenvalue weighted by atomic mass is 16.5. The van der Waals surface area contributed by atoms with Crippen molar-refractivity contribution in [1.29, 1.82) is 0 Å². The molecule has 2 nitrogen and oxygen atoms in total. The second-order valence-electron chi connectivity index (χ2n) is 4.63. The van der Waals surface area contributed by atoms with Gasteiger partial charge in [0, 0.05) is 10.9 Å². The first-order valence-electron chi connectivity index (χ1n) is 5.42. The first kappa shape index (κ1) is 8.98. The van der Waals surface area contributed by atoms with Crippen molar-refractivity contribution in [3.05, 3.63) is 35.5 Å². The lowest BCUT2D eigenvalue weighted by molar-refractivity contribution is -0.0339. The van der Waals surface area contributed by atoms with E-state index in [4.69, 9.17) is 4.74 Å². The Hall–Kier alpha value is -1.28. The maximum atomic E-state index is 5.79. The van der Waals surface area contributed by atoms with E-state index in [-0.39, 0.29) is 5.60 Å². The Morgan fingerprint density at radius 2 is 2.07 bits per heavy atom. The Kier molecular flexibility index (Phi) is 1.71. The molecule has 0 aliphatic carbocycles. The molecule has 0 saturated carbocycles. The minimum Gasteiger partial charge on any atom is -0.369 e. The Labute approximate surface area is 89.3 Å². The molecule has 2 heterocycles. The fraction of sp³-hybridized carbons (Fsp3) is 0.385. The molecule has 1 aromatic heterocycles. The molecule has 0 amide bonds. The lowest BCUT2D eigenvalue weighted by Crippen LogP contribution is -2.29. The zero-order valence-electron chi connectivity index (χ0n) is 9.13. The summed E-state index contributed by atoms with van der Waals surface area (Å²) in [6.07, 6.45) is 1.02. The summed E-state index contributed by atoms with van der Waals surface area (Å²) in [5.74, 6) is 0. The molecule has 0 radical (unpaired) electrons. The first-order chi connectivity index (χ1) is 7.18. The van der Waals surface area contributed by atoms with Crippen LogP contribution in [-0.4, -0.2) is 11.6 Å². The summed E-state index contributed by atoms with van der Waals surface area (Å²) in [4.78, 5) is 3.48. The molecule has 3 rings (SSSR count). The summed E-state index contributed by atoms with van der Waals surface area (Å²) >= 11 is 0. The molecule has 0 atom stereocenters. The van der Waals surface area contributed by atoms with Gasteiger partial charge in [0.15, 0.2) is 0 Å². The Morgan fingerprint density at radius 3 is 2.93 bits per heavy atom. The van der Waals surface area contributed by atoms with Crippen LogP contribution in [0, 0.1) is 0 Å². The van der Waals surface area contributed by atoms with Crippen LogP contribution in [-0.2, 0) is 16.8 Å². The van der Waals surface area contributed by atoms with Crippen LogP contribution in [0.4, 0.5) is 0 Å². The van der Waals surface area contributed by atoms with Gasteiger partial charge in [0.05, 0.1) is 12.3 Å². The molecule has 0 unspecified atom stereocenters. The quantitative estimate of drug-likeness (QED) is 0.696. The maximum Gasteiger partial charge on any atom is 0.102 e. The predicted molar refractivity (Wildman–Crippen MR) is 61.0 cm³/mol. The highest BCUT2D eigenvalue weighted by molar-refractivity contribution is 5.85. The lowest BCUT2D eigenvalue weighted by Gasteiger charge is -2.30. The van der Waals surface area contributed by atoms with Crippen LogP contribution in [0.5, 0.6) is 0 Å². The van der Waals surface area contributed by atoms with Crippen molar-refractivity contribution in [2.75, 3.05) is 6.61 Å². The molecule has 78 valence electrons. The molecular formula is C13H15NO. The minimum atomic E-state index is -0.174. The summed E-state index contributed by atoms with van der Waals surface area (Å²) in [6.45, 7) is 5.07. The Bertz CT molecular complexity index is 510. The maximum absolute atomic E-state index is 5.79. The molecule has 1 aliphatic heterocycles. The van der Waals surface area contributed by atoms with Crippen LogP contribution in [0.15, 0.2) is 24.3 Å². The van der Waals surface area contributed by atoms with Crippen molar-refractivity contribution < 1.29 is 4.74 Å². The van der Waals surface area contributed by atoms with Crippen LogP contribution in [0.3, 0.4) is 0 Å². The molecule has 1 N–H and O–H groups in total. The second kappa shape index (κ2) is 2.86. The summed E-state index contributed by atoms with van der Waals surface area (Å²) in [5, 5.41) is 1.35. The third kappa shape index (κ3) is 1.21. The van der Waals surface area contributed by atoms with Gasteiger partial charge in [-0.05, 0) is 31.9 Å². The second-order valence-corrected chi connectivity index (χ2v) is 4.63. The Morgan fingerprint density at radius 1 is 1.27 bits per heavy atom. The van der Waals surface area contributed by atoms with E-state index in [2.05, 4.69) is 43.1 Å². The summed E-state index contributed by atoms with van der Waals surface area (Å²) < 4.78 is 5.79. The van der Waals surface area contributed by atoms with Crippen LogP contribution in [0.2, 0.25) is 0 Å². The smallest absolute Gasteiger partial charge is 0.102 e. The van der Waals surface area contributed by atoms with Gasteiger partial charge in [0.1, 0.15) is 5.60 Å². The van der Waals surface area contributed by atoms with E-state index in [1.807, 2.05) is 0 Å². The van der Waals surface area contributed by atoms with Crippen molar-refractivity contribution in [2.24, 2.45) is 0 Å². The monoisotopic (exact) mass is 201 g/mol. The van der Waals surface area contributed by atoms with Gasteiger partial charge in [-0.25, -0.2) is 0 Å². The molecule has 1 aliphatic rings. The molecule has 0 saturated heterocycles. The Balaban J connectivity index is 2.34. The summed E-state index contributed by atoms with van der Waals surface area (Å²) in [5.41, 5.74) is 3.73. The third-order valence-corrected chi connectivity index (χ3v) is 3.23. The zero-order chi connectivity index (χ0) is 10.5. The molecule has 2 aromatic rings. The zero-order valence-corrected chi connectivity index (χ0v) is 9.13. The number of hydrogen-bond donors (Lipinski definition) is 1. The van der Waals surface area contributed by atoms with Crippen molar-refractivity contribution in [2.45, 2.75) is 25.9 Å². The van der Waals surface area contributed by atoms with Crippen molar-refractivity contribution in [3.63, 3.8) is 0 Å². The van der Waals surface area contributed by atoms with E-state index >= 15 is 0 Å². The molecule has 1 aromatic carbocycles. The van der Waals surface area contributed by atoms with Crippen molar-refractivity contribution >= 4 is 10.9 Å². The normalized spacial score (nSPS) is 19.1. The van der Waals surface area contributed by atoms with E-state index in [0.717, 1.165) is 13.0 Å². The van der Waals surface area contributed by atoms with Gasteiger partial charge in [-0.3, -0.25) is 0 Å². The molecule has 0 spiro atoms. The van der Waals surface area contributed by atoms with Gasteiger partial charge in [-0.2, -0.15) is 0 Å². The highest BCUT2D eigenvalue weighted by Crippen LogP contribution is 2.36. The number of benzene rings is 1. The number of aromatic nitrogens is 1. The van der Waals surface area contributed by atoms with Crippen LogP contribution in [0.25, 0.3) is 10.9 Å². The lowest BCUT2D eigenvalue weighted by atomic mass is 9.95. The van der Waals surface area contributed by atoms with Gasteiger partial charge in [0.2, 0.25) is 0 Å². The molecule has 15 heavy (non-hydrogen) atoms. The van der Waals surface area contributed by atoms with Crippen molar-refractivity contribution in [3.8, 4) is 0 Å². The van der Waals surface area contributed by atoms with E-state index < -0.39 is 0 Å². The number of H-pyrrole nitrogens is 1. The number of rotatable bonds is 0. The average Bonchev–Trinajstić information content (AvgIpc) is 2.58. The number of fused-ring (bicyclic) bond motifs is 3. The largest absolute Gasteiger partial charge is 0.369 e. The van der Waals surface area contributed by atoms with Crippen LogP contribution < -0.4 is 0 Å². The molecule has 0 fully saturated rings. The number of ether oxygens (including phenoxy) is 1. The van der Waals surface area contributed by atoms with Gasteiger partial charge in [-0.1, -0.05) is 18.2 Å². The third-order valence-electron chi connectivity index (χ3n) is 3.23. The van der Waals surface area contributed by atoms with E-state index in [0.29, 0.717) is 0 Å².